The lowest BCUT2D eigenvalue weighted by Gasteiger charge is -2.12. The van der Waals surface area contributed by atoms with Gasteiger partial charge in [0.2, 0.25) is 0 Å². The van der Waals surface area contributed by atoms with Gasteiger partial charge in [-0.1, -0.05) is 48.5 Å². The molecular formula is C24H28N6O2. The van der Waals surface area contributed by atoms with Crippen LogP contribution >= 0.6 is 0 Å². The Hall–Kier alpha value is -3.65. The van der Waals surface area contributed by atoms with E-state index in [1.165, 1.54) is 5.56 Å². The molecule has 0 aliphatic heterocycles. The van der Waals surface area contributed by atoms with E-state index in [4.69, 9.17) is 15.5 Å². The average molecular weight is 433 g/mol. The first-order chi connectivity index (χ1) is 15.7. The van der Waals surface area contributed by atoms with Gasteiger partial charge >= 0.3 is 6.03 Å². The number of nitrogen functional groups attached to an aromatic ring is 1. The molecule has 0 saturated carbocycles. The van der Waals surface area contributed by atoms with Crippen molar-refractivity contribution in [2.75, 3.05) is 25.4 Å². The van der Waals surface area contributed by atoms with Crippen molar-refractivity contribution in [1.29, 1.82) is 0 Å². The minimum atomic E-state index is -0.192. The van der Waals surface area contributed by atoms with Crippen molar-refractivity contribution in [3.05, 3.63) is 66.0 Å². The molecule has 32 heavy (non-hydrogen) atoms. The third-order valence-corrected chi connectivity index (χ3v) is 5.29. The van der Waals surface area contributed by atoms with Crippen molar-refractivity contribution in [2.24, 2.45) is 0 Å². The van der Waals surface area contributed by atoms with Crippen LogP contribution in [0.5, 0.6) is 0 Å². The summed E-state index contributed by atoms with van der Waals surface area (Å²) in [7, 11) is 0. The van der Waals surface area contributed by atoms with Crippen LogP contribution in [0.15, 0.2) is 54.6 Å². The predicted molar refractivity (Wildman–Crippen MR) is 126 cm³/mol. The molecule has 0 unspecified atom stereocenters. The summed E-state index contributed by atoms with van der Waals surface area (Å²) in [6.45, 7) is 4.45. The number of nitrogens with one attached hydrogen (secondary N) is 2. The van der Waals surface area contributed by atoms with E-state index in [0.717, 1.165) is 28.7 Å². The fourth-order valence-electron chi connectivity index (χ4n) is 3.76. The van der Waals surface area contributed by atoms with Gasteiger partial charge in [0.05, 0.1) is 11.0 Å². The fraction of sp³-hybridized carbons (Fsp3) is 0.292. The molecule has 2 heterocycles. The number of rotatable bonds is 9. The molecule has 4 N–H and O–H groups in total. The quantitative estimate of drug-likeness (QED) is 0.376. The van der Waals surface area contributed by atoms with Crippen LogP contribution in [0.1, 0.15) is 18.3 Å². The number of fused-ring (bicyclic) bond motifs is 3. The van der Waals surface area contributed by atoms with Crippen molar-refractivity contribution in [1.82, 2.24) is 25.2 Å². The summed E-state index contributed by atoms with van der Waals surface area (Å²) in [6, 6.07) is 17.7. The molecule has 0 atom stereocenters. The number of nitrogens with zero attached hydrogens (tertiary/aromatic N) is 3. The van der Waals surface area contributed by atoms with Gasteiger partial charge in [-0.2, -0.15) is 0 Å². The summed E-state index contributed by atoms with van der Waals surface area (Å²) in [5.74, 6) is 1.15. The molecule has 8 heteroatoms. The number of amides is 2. The number of carbonyl (C=O) groups excluding carboxylic acids is 1. The summed E-state index contributed by atoms with van der Waals surface area (Å²) >= 11 is 0. The Bertz CT molecular complexity index is 1210. The number of para-hydroxylation sites is 1. The van der Waals surface area contributed by atoms with Crippen LogP contribution in [0.25, 0.3) is 21.9 Å². The van der Waals surface area contributed by atoms with Crippen LogP contribution in [0.3, 0.4) is 0 Å². The molecule has 0 aliphatic carbocycles. The fourth-order valence-corrected chi connectivity index (χ4v) is 3.76. The van der Waals surface area contributed by atoms with Crippen molar-refractivity contribution in [3.8, 4) is 0 Å². The number of ether oxygens (including phenoxy) is 1. The molecule has 166 valence electrons. The van der Waals surface area contributed by atoms with Gasteiger partial charge in [-0.25, -0.2) is 14.8 Å². The highest BCUT2D eigenvalue weighted by Crippen LogP contribution is 2.28. The summed E-state index contributed by atoms with van der Waals surface area (Å²) in [5.41, 5.74) is 9.78. The molecule has 2 aromatic carbocycles. The third-order valence-electron chi connectivity index (χ3n) is 5.29. The lowest BCUT2D eigenvalue weighted by Crippen LogP contribution is -2.38. The number of hydrogen-bond acceptors (Lipinski definition) is 5. The van der Waals surface area contributed by atoms with Gasteiger partial charge in [-0.05, 0) is 25.0 Å². The second kappa shape index (κ2) is 10.1. The van der Waals surface area contributed by atoms with Gasteiger partial charge in [-0.3, -0.25) is 0 Å². The van der Waals surface area contributed by atoms with Crippen LogP contribution in [0, 0.1) is 0 Å². The summed E-state index contributed by atoms with van der Waals surface area (Å²) in [6.07, 6.45) is 0.789. The van der Waals surface area contributed by atoms with Crippen molar-refractivity contribution < 1.29 is 9.53 Å². The summed E-state index contributed by atoms with van der Waals surface area (Å²) in [5, 5.41) is 6.81. The van der Waals surface area contributed by atoms with Crippen LogP contribution in [0.4, 0.5) is 10.6 Å². The number of hydrogen-bond donors (Lipinski definition) is 3. The van der Waals surface area contributed by atoms with Gasteiger partial charge in [0, 0.05) is 31.6 Å². The van der Waals surface area contributed by atoms with Crippen molar-refractivity contribution in [3.63, 3.8) is 0 Å². The molecule has 2 aromatic heterocycles. The van der Waals surface area contributed by atoms with E-state index >= 15 is 0 Å². The molecule has 2 amide bonds. The van der Waals surface area contributed by atoms with Crippen molar-refractivity contribution in [2.45, 2.75) is 26.5 Å². The molecule has 4 aromatic rings. The molecular weight excluding hydrogens is 404 g/mol. The Morgan fingerprint density at radius 2 is 1.78 bits per heavy atom. The molecule has 0 aliphatic rings. The number of urea groups is 1. The molecule has 0 radical (unpaired) electrons. The van der Waals surface area contributed by atoms with E-state index < -0.39 is 0 Å². The highest BCUT2D eigenvalue weighted by Gasteiger charge is 2.17. The number of aromatic nitrogens is 3. The first kappa shape index (κ1) is 21.6. The van der Waals surface area contributed by atoms with Crippen LogP contribution < -0.4 is 16.4 Å². The minimum absolute atomic E-state index is 0.192. The summed E-state index contributed by atoms with van der Waals surface area (Å²) < 4.78 is 7.69. The lowest BCUT2D eigenvalue weighted by molar-refractivity contribution is 0.126. The Balaban J connectivity index is 1.47. The lowest BCUT2D eigenvalue weighted by atomic mass is 10.1. The molecule has 0 fully saturated rings. The molecule has 0 bridgehead atoms. The molecule has 8 nitrogen and oxygen atoms in total. The number of imidazole rings is 1. The number of carbonyl (C=O) groups is 1. The van der Waals surface area contributed by atoms with Gasteiger partial charge in [0.1, 0.15) is 17.9 Å². The standard InChI is InChI=1S/C24H28N6O2/c1-2-32-16-20-29-21-22(18-10-6-7-11-19(18)28-23(21)25)30(20)15-14-27-24(31)26-13-12-17-8-4-3-5-9-17/h3-11H,2,12-16H2,1H3,(H2,25,28)(H2,26,27,31). The second-order valence-electron chi connectivity index (χ2n) is 7.45. The topological polar surface area (TPSA) is 107 Å². The van der Waals surface area contributed by atoms with Gasteiger partial charge in [0.15, 0.2) is 5.82 Å². The Morgan fingerprint density at radius 3 is 2.59 bits per heavy atom. The van der Waals surface area contributed by atoms with E-state index in [0.29, 0.717) is 44.2 Å². The highest BCUT2D eigenvalue weighted by atomic mass is 16.5. The largest absolute Gasteiger partial charge is 0.382 e. The number of benzene rings is 2. The Kier molecular flexibility index (Phi) is 6.81. The zero-order chi connectivity index (χ0) is 22.3. The maximum atomic E-state index is 12.2. The van der Waals surface area contributed by atoms with Crippen LogP contribution in [-0.2, 0) is 24.3 Å². The molecule has 4 rings (SSSR count). The average Bonchev–Trinajstić information content (AvgIpc) is 3.18. The molecule has 0 saturated heterocycles. The van der Waals surface area contributed by atoms with E-state index in [-0.39, 0.29) is 6.03 Å². The smallest absolute Gasteiger partial charge is 0.314 e. The van der Waals surface area contributed by atoms with E-state index in [9.17, 15) is 4.79 Å². The van der Waals surface area contributed by atoms with E-state index in [2.05, 4.69) is 32.3 Å². The van der Waals surface area contributed by atoms with E-state index in [1.807, 2.05) is 49.4 Å². The summed E-state index contributed by atoms with van der Waals surface area (Å²) in [4.78, 5) is 21.4. The van der Waals surface area contributed by atoms with Gasteiger partial charge < -0.3 is 25.7 Å². The maximum Gasteiger partial charge on any atom is 0.314 e. The number of nitrogens with two attached hydrogens (primary N) is 1. The monoisotopic (exact) mass is 432 g/mol. The highest BCUT2D eigenvalue weighted by molar-refractivity contribution is 6.06. The van der Waals surface area contributed by atoms with Gasteiger partial charge in [0.25, 0.3) is 0 Å². The van der Waals surface area contributed by atoms with Crippen LogP contribution in [-0.4, -0.2) is 40.3 Å². The number of pyridine rings is 1. The molecule has 0 spiro atoms. The maximum absolute atomic E-state index is 12.2. The van der Waals surface area contributed by atoms with Crippen molar-refractivity contribution >= 4 is 33.8 Å². The third kappa shape index (κ3) is 4.81. The van der Waals surface area contributed by atoms with Gasteiger partial charge in [-0.15, -0.1) is 0 Å². The number of anilines is 1. The Morgan fingerprint density at radius 1 is 1.03 bits per heavy atom. The zero-order valence-corrected chi connectivity index (χ0v) is 18.2. The first-order valence-electron chi connectivity index (χ1n) is 10.8. The first-order valence-corrected chi connectivity index (χ1v) is 10.8. The SMILES string of the molecule is CCOCc1nc2c(N)nc3ccccc3c2n1CCNC(=O)NCCc1ccccc1. The second-order valence-corrected chi connectivity index (χ2v) is 7.45. The zero-order valence-electron chi connectivity index (χ0n) is 18.2. The minimum Gasteiger partial charge on any atom is -0.382 e. The normalized spacial score (nSPS) is 11.2. The predicted octanol–water partition coefficient (Wildman–Crippen LogP) is 3.25. The van der Waals surface area contributed by atoms with E-state index in [1.54, 1.807) is 0 Å². The van der Waals surface area contributed by atoms with Crippen LogP contribution in [0.2, 0.25) is 0 Å². The Labute approximate surface area is 186 Å².